The van der Waals surface area contributed by atoms with E-state index in [1.165, 1.54) is 6.07 Å². The highest BCUT2D eigenvalue weighted by molar-refractivity contribution is 6.03. The summed E-state index contributed by atoms with van der Waals surface area (Å²) in [4.78, 5) is 11.0. The minimum Gasteiger partial charge on any atom is -0.359 e. The lowest BCUT2D eigenvalue weighted by atomic mass is 9.98. The topological polar surface area (TPSA) is 71.3 Å². The number of rotatable bonds is 3. The third kappa shape index (κ3) is 3.44. The van der Waals surface area contributed by atoms with Gasteiger partial charge in [-0.25, -0.2) is 10.1 Å². The fourth-order valence-electron chi connectivity index (χ4n) is 2.29. The molecule has 0 spiro atoms. The van der Waals surface area contributed by atoms with Gasteiger partial charge in [0.25, 0.3) is 5.91 Å². The SMILES string of the molecule is O=C1CNC(c2ccc(-c3cnn(C(F)F)c3)c(C(F)(F)F)c2)=NN1. The van der Waals surface area contributed by atoms with Crippen LogP contribution in [0.15, 0.2) is 35.7 Å². The lowest BCUT2D eigenvalue weighted by Gasteiger charge is -2.17. The van der Waals surface area contributed by atoms with Crippen LogP contribution in [0.1, 0.15) is 17.7 Å². The van der Waals surface area contributed by atoms with Gasteiger partial charge in [-0.1, -0.05) is 12.1 Å². The van der Waals surface area contributed by atoms with Crippen LogP contribution >= 0.6 is 0 Å². The fourth-order valence-corrected chi connectivity index (χ4v) is 2.29. The van der Waals surface area contributed by atoms with E-state index in [1.54, 1.807) is 0 Å². The molecule has 1 aromatic carbocycles. The first-order valence-electron chi connectivity index (χ1n) is 6.90. The first-order chi connectivity index (χ1) is 11.8. The van der Waals surface area contributed by atoms with Gasteiger partial charge in [0.05, 0.1) is 18.3 Å². The Labute approximate surface area is 137 Å². The van der Waals surface area contributed by atoms with Crippen molar-refractivity contribution in [2.24, 2.45) is 5.10 Å². The summed E-state index contributed by atoms with van der Waals surface area (Å²) in [6.07, 6.45) is -2.95. The van der Waals surface area contributed by atoms with Gasteiger partial charge in [0.1, 0.15) is 0 Å². The molecule has 0 fully saturated rings. The minimum atomic E-state index is -4.73. The number of hydrazone groups is 1. The second kappa shape index (κ2) is 6.15. The largest absolute Gasteiger partial charge is 0.417 e. The van der Waals surface area contributed by atoms with Crippen molar-refractivity contribution in [2.75, 3.05) is 6.54 Å². The van der Waals surface area contributed by atoms with E-state index in [-0.39, 0.29) is 33.8 Å². The molecular weight excluding hydrogens is 349 g/mol. The Hall–Kier alpha value is -2.98. The summed E-state index contributed by atoms with van der Waals surface area (Å²) < 4.78 is 65.7. The van der Waals surface area contributed by atoms with Gasteiger partial charge in [0.2, 0.25) is 0 Å². The van der Waals surface area contributed by atoms with Gasteiger partial charge in [0.15, 0.2) is 5.84 Å². The molecule has 11 heteroatoms. The van der Waals surface area contributed by atoms with Crippen LogP contribution in [0.3, 0.4) is 0 Å². The van der Waals surface area contributed by atoms with Crippen molar-refractivity contribution in [1.82, 2.24) is 20.5 Å². The lowest BCUT2D eigenvalue weighted by Crippen LogP contribution is -2.42. The van der Waals surface area contributed by atoms with E-state index in [1.807, 2.05) is 0 Å². The minimum absolute atomic E-state index is 0.0694. The van der Waals surface area contributed by atoms with E-state index in [0.29, 0.717) is 0 Å². The molecule has 0 aliphatic carbocycles. The van der Waals surface area contributed by atoms with Gasteiger partial charge in [-0.05, 0) is 11.6 Å². The molecule has 25 heavy (non-hydrogen) atoms. The number of amidine groups is 1. The zero-order chi connectivity index (χ0) is 18.2. The smallest absolute Gasteiger partial charge is 0.359 e. The maximum absolute atomic E-state index is 13.4. The molecule has 6 nitrogen and oxygen atoms in total. The van der Waals surface area contributed by atoms with Crippen molar-refractivity contribution in [1.29, 1.82) is 0 Å². The van der Waals surface area contributed by atoms with Crippen molar-refractivity contribution in [3.63, 3.8) is 0 Å². The van der Waals surface area contributed by atoms with Crippen molar-refractivity contribution in [3.8, 4) is 11.1 Å². The molecule has 0 saturated carbocycles. The molecule has 1 aromatic heterocycles. The third-order valence-electron chi connectivity index (χ3n) is 3.42. The maximum Gasteiger partial charge on any atom is 0.417 e. The predicted molar refractivity (Wildman–Crippen MR) is 76.6 cm³/mol. The highest BCUT2D eigenvalue weighted by Crippen LogP contribution is 2.38. The first-order valence-corrected chi connectivity index (χ1v) is 6.90. The summed E-state index contributed by atoms with van der Waals surface area (Å²) >= 11 is 0. The molecule has 2 N–H and O–H groups in total. The van der Waals surface area contributed by atoms with Gasteiger partial charge in [-0.15, -0.1) is 0 Å². The second-order valence-corrected chi connectivity index (χ2v) is 5.09. The Kier molecular flexibility index (Phi) is 4.15. The number of nitrogens with one attached hydrogen (secondary N) is 2. The molecule has 132 valence electrons. The van der Waals surface area contributed by atoms with Crippen LogP contribution in [0.5, 0.6) is 0 Å². The quantitative estimate of drug-likeness (QED) is 0.827. The van der Waals surface area contributed by atoms with Crippen LogP contribution in [0.4, 0.5) is 22.0 Å². The highest BCUT2D eigenvalue weighted by Gasteiger charge is 2.35. The van der Waals surface area contributed by atoms with Crippen LogP contribution < -0.4 is 10.7 Å². The molecule has 0 saturated heterocycles. The molecule has 1 amide bonds. The molecule has 0 unspecified atom stereocenters. The van der Waals surface area contributed by atoms with Gasteiger partial charge in [0, 0.05) is 17.3 Å². The van der Waals surface area contributed by atoms with E-state index in [9.17, 15) is 26.7 Å². The van der Waals surface area contributed by atoms with Crippen molar-refractivity contribution < 1.29 is 26.7 Å². The molecule has 3 rings (SSSR count). The van der Waals surface area contributed by atoms with Crippen LogP contribution in [-0.2, 0) is 11.0 Å². The summed E-state index contributed by atoms with van der Waals surface area (Å²) in [6.45, 7) is -3.07. The average molecular weight is 359 g/mol. The lowest BCUT2D eigenvalue weighted by molar-refractivity contribution is -0.137. The number of benzene rings is 1. The Morgan fingerprint density at radius 3 is 2.52 bits per heavy atom. The van der Waals surface area contributed by atoms with Gasteiger partial charge in [-0.2, -0.15) is 32.2 Å². The van der Waals surface area contributed by atoms with Crippen LogP contribution in [0.25, 0.3) is 11.1 Å². The Balaban J connectivity index is 2.05. The number of carbonyl (C=O) groups is 1. The number of halogens is 5. The Morgan fingerprint density at radius 1 is 1.20 bits per heavy atom. The molecule has 1 aliphatic heterocycles. The van der Waals surface area contributed by atoms with E-state index < -0.39 is 24.2 Å². The maximum atomic E-state index is 13.4. The highest BCUT2D eigenvalue weighted by atomic mass is 19.4. The fraction of sp³-hybridized carbons (Fsp3) is 0.214. The molecular formula is C14H10F5N5O. The summed E-state index contributed by atoms with van der Waals surface area (Å²) in [6, 6.07) is 3.32. The van der Waals surface area contributed by atoms with Crippen molar-refractivity contribution >= 4 is 11.7 Å². The van der Waals surface area contributed by atoms with Crippen LogP contribution in [0.2, 0.25) is 0 Å². The van der Waals surface area contributed by atoms with E-state index in [4.69, 9.17) is 0 Å². The molecule has 0 radical (unpaired) electrons. The molecule has 0 atom stereocenters. The number of carbonyl (C=O) groups excluding carboxylic acids is 1. The Bertz CT molecular complexity index is 842. The van der Waals surface area contributed by atoms with Crippen LogP contribution in [0, 0.1) is 0 Å². The van der Waals surface area contributed by atoms with Gasteiger partial charge < -0.3 is 5.32 Å². The average Bonchev–Trinajstić information content (AvgIpc) is 3.04. The summed E-state index contributed by atoms with van der Waals surface area (Å²) in [5, 5.41) is 9.61. The number of alkyl halides is 5. The number of aromatic nitrogens is 2. The Morgan fingerprint density at radius 2 is 1.96 bits per heavy atom. The number of amides is 1. The number of hydrogen-bond donors (Lipinski definition) is 2. The van der Waals surface area contributed by atoms with Gasteiger partial charge in [-0.3, -0.25) is 4.79 Å². The van der Waals surface area contributed by atoms with Crippen molar-refractivity contribution in [3.05, 3.63) is 41.7 Å². The summed E-state index contributed by atoms with van der Waals surface area (Å²) in [7, 11) is 0. The zero-order valence-corrected chi connectivity index (χ0v) is 12.3. The number of hydrogen-bond acceptors (Lipinski definition) is 4. The first kappa shape index (κ1) is 16.9. The standard InChI is InChI=1S/C14H10F5N5O/c15-13(16)24-6-8(4-21-24)9-2-1-7(3-10(9)14(17,18)19)12-20-5-11(25)22-23-12/h1-4,6,13H,5H2,(H,20,23)(H,22,25). The van der Waals surface area contributed by atoms with E-state index >= 15 is 0 Å². The molecule has 2 aromatic rings. The van der Waals surface area contributed by atoms with E-state index in [2.05, 4.69) is 20.9 Å². The molecule has 2 heterocycles. The normalized spacial score (nSPS) is 15.0. The second-order valence-electron chi connectivity index (χ2n) is 5.09. The zero-order valence-electron chi connectivity index (χ0n) is 12.3. The van der Waals surface area contributed by atoms with Gasteiger partial charge >= 0.3 is 12.7 Å². The van der Waals surface area contributed by atoms with Crippen LogP contribution in [-0.4, -0.2) is 28.1 Å². The summed E-state index contributed by atoms with van der Waals surface area (Å²) in [5.74, 6) is -0.351. The third-order valence-corrected chi connectivity index (χ3v) is 3.42. The van der Waals surface area contributed by atoms with Crippen molar-refractivity contribution in [2.45, 2.75) is 12.7 Å². The predicted octanol–water partition coefficient (Wildman–Crippen LogP) is 2.34. The molecule has 1 aliphatic rings. The van der Waals surface area contributed by atoms with E-state index in [0.717, 1.165) is 24.5 Å². The monoisotopic (exact) mass is 359 g/mol. The molecule has 0 bridgehead atoms. The summed E-state index contributed by atoms with van der Waals surface area (Å²) in [5.41, 5.74) is 0.847. The number of nitrogens with zero attached hydrogens (tertiary/aromatic N) is 3.